The molecule has 1 saturated carbocycles. The van der Waals surface area contributed by atoms with Crippen LogP contribution in [0, 0.1) is 0 Å². The summed E-state index contributed by atoms with van der Waals surface area (Å²) in [4.78, 5) is 28.1. The highest BCUT2D eigenvalue weighted by atomic mass is 16.5. The van der Waals surface area contributed by atoms with Gasteiger partial charge in [-0.3, -0.25) is 9.59 Å². The van der Waals surface area contributed by atoms with Crippen molar-refractivity contribution in [1.82, 2.24) is 4.90 Å². The van der Waals surface area contributed by atoms with Gasteiger partial charge in [-0.1, -0.05) is 25.0 Å². The van der Waals surface area contributed by atoms with E-state index in [1.54, 1.807) is 18.1 Å². The highest BCUT2D eigenvalue weighted by Crippen LogP contribution is 2.44. The molecule has 1 N–H and O–H groups in total. The molecule has 2 heterocycles. The van der Waals surface area contributed by atoms with Gasteiger partial charge in [0.25, 0.3) is 11.7 Å². The minimum atomic E-state index is -0.642. The maximum absolute atomic E-state index is 13.2. The average molecular weight is 434 g/mol. The lowest BCUT2D eigenvalue weighted by Gasteiger charge is -2.31. The number of aliphatic hydroxyl groups excluding tert-OH is 1. The number of amides is 1. The van der Waals surface area contributed by atoms with Crippen molar-refractivity contribution in [1.29, 1.82) is 0 Å². The predicted molar refractivity (Wildman–Crippen MR) is 120 cm³/mol. The smallest absolute Gasteiger partial charge is 0.295 e. The van der Waals surface area contributed by atoms with Gasteiger partial charge in [-0.15, -0.1) is 0 Å². The van der Waals surface area contributed by atoms with Crippen LogP contribution in [0.15, 0.2) is 48.0 Å². The summed E-state index contributed by atoms with van der Waals surface area (Å²) in [5, 5.41) is 11.3. The first kappa shape index (κ1) is 20.6. The quantitative estimate of drug-likeness (QED) is 0.440. The lowest BCUT2D eigenvalue weighted by Crippen LogP contribution is -2.37. The zero-order valence-electron chi connectivity index (χ0n) is 18.3. The third-order valence-electron chi connectivity index (χ3n) is 6.78. The summed E-state index contributed by atoms with van der Waals surface area (Å²) in [6.07, 6.45) is 4.60. The maximum atomic E-state index is 13.2. The van der Waals surface area contributed by atoms with Crippen LogP contribution in [0.25, 0.3) is 5.76 Å². The molecule has 1 amide bonds. The van der Waals surface area contributed by atoms with E-state index in [-0.39, 0.29) is 23.5 Å². The SMILES string of the molecule is COc1cccc(C2/C(=C(/O)c3ccc4c(c3)CC(C)O4)C(=O)C(=O)N2C2CCCC2)c1. The molecule has 2 atom stereocenters. The van der Waals surface area contributed by atoms with Gasteiger partial charge >= 0.3 is 0 Å². The van der Waals surface area contributed by atoms with Crippen LogP contribution in [0.3, 0.4) is 0 Å². The van der Waals surface area contributed by atoms with Gasteiger partial charge in [0.1, 0.15) is 23.4 Å². The lowest BCUT2D eigenvalue weighted by atomic mass is 9.93. The van der Waals surface area contributed by atoms with Crippen molar-refractivity contribution in [2.75, 3.05) is 7.11 Å². The van der Waals surface area contributed by atoms with Gasteiger partial charge < -0.3 is 19.5 Å². The van der Waals surface area contributed by atoms with E-state index in [2.05, 4.69) is 0 Å². The van der Waals surface area contributed by atoms with Crippen molar-refractivity contribution in [2.24, 2.45) is 0 Å². The summed E-state index contributed by atoms with van der Waals surface area (Å²) in [6, 6.07) is 12.2. The molecular weight excluding hydrogens is 406 g/mol. The fourth-order valence-corrected chi connectivity index (χ4v) is 5.27. The van der Waals surface area contributed by atoms with Crippen LogP contribution < -0.4 is 9.47 Å². The minimum Gasteiger partial charge on any atom is -0.507 e. The molecule has 1 saturated heterocycles. The second kappa shape index (κ2) is 8.01. The third kappa shape index (κ3) is 3.34. The van der Waals surface area contributed by atoms with Crippen LogP contribution in [0.1, 0.15) is 55.3 Å². The molecule has 5 rings (SSSR count). The number of fused-ring (bicyclic) bond motifs is 1. The molecule has 166 valence electrons. The van der Waals surface area contributed by atoms with Gasteiger partial charge in [-0.05, 0) is 61.2 Å². The minimum absolute atomic E-state index is 0.0118. The molecule has 0 radical (unpaired) electrons. The Bertz CT molecular complexity index is 1110. The molecule has 2 aromatic rings. The van der Waals surface area contributed by atoms with Gasteiger partial charge in [0.2, 0.25) is 0 Å². The molecule has 2 unspecified atom stereocenters. The standard InChI is InChI=1S/C26H27NO5/c1-15-12-18-13-17(10-11-21(18)32-15)24(28)22-23(16-6-5-9-20(14-16)31-2)27(26(30)25(22)29)19-7-3-4-8-19/h5-6,9-11,13-15,19,23,28H,3-4,7-8,12H2,1-2H3/b24-22-. The normalized spacial score (nSPS) is 24.6. The van der Waals surface area contributed by atoms with Crippen LogP contribution in [-0.4, -0.2) is 41.0 Å². The Labute approximate surface area is 187 Å². The molecule has 3 aliphatic rings. The highest BCUT2D eigenvalue weighted by Gasteiger charge is 2.49. The van der Waals surface area contributed by atoms with Gasteiger partial charge in [-0.2, -0.15) is 0 Å². The van der Waals surface area contributed by atoms with Crippen molar-refractivity contribution in [3.05, 3.63) is 64.7 Å². The Balaban J connectivity index is 1.65. The second-order valence-corrected chi connectivity index (χ2v) is 8.88. The number of aliphatic hydroxyl groups is 1. The number of carbonyl (C=O) groups excluding carboxylic acids is 2. The largest absolute Gasteiger partial charge is 0.507 e. The second-order valence-electron chi connectivity index (χ2n) is 8.88. The monoisotopic (exact) mass is 433 g/mol. The number of Topliss-reactive ketones (excluding diaryl/α,β-unsaturated/α-hetero) is 1. The molecule has 0 bridgehead atoms. The van der Waals surface area contributed by atoms with E-state index in [9.17, 15) is 14.7 Å². The van der Waals surface area contributed by atoms with E-state index in [1.807, 2.05) is 43.3 Å². The van der Waals surface area contributed by atoms with Crippen LogP contribution in [0.2, 0.25) is 0 Å². The molecule has 0 spiro atoms. The number of benzene rings is 2. The summed E-state index contributed by atoms with van der Waals surface area (Å²) in [5.41, 5.74) is 2.42. The highest BCUT2D eigenvalue weighted by molar-refractivity contribution is 6.46. The van der Waals surface area contributed by atoms with E-state index < -0.39 is 17.7 Å². The summed E-state index contributed by atoms with van der Waals surface area (Å²) < 4.78 is 11.2. The number of nitrogens with zero attached hydrogens (tertiary/aromatic N) is 1. The van der Waals surface area contributed by atoms with Crippen LogP contribution in [0.4, 0.5) is 0 Å². The zero-order valence-corrected chi connectivity index (χ0v) is 18.3. The van der Waals surface area contributed by atoms with Crippen molar-refractivity contribution < 1.29 is 24.2 Å². The zero-order chi connectivity index (χ0) is 22.4. The Morgan fingerprint density at radius 1 is 1.12 bits per heavy atom. The maximum Gasteiger partial charge on any atom is 0.295 e. The van der Waals surface area contributed by atoms with Crippen molar-refractivity contribution in [2.45, 2.75) is 57.2 Å². The molecule has 1 aliphatic carbocycles. The fourth-order valence-electron chi connectivity index (χ4n) is 5.27. The Morgan fingerprint density at radius 3 is 2.66 bits per heavy atom. The van der Waals surface area contributed by atoms with E-state index in [1.165, 1.54) is 0 Å². The molecule has 6 heteroatoms. The summed E-state index contributed by atoms with van der Waals surface area (Å²) >= 11 is 0. The van der Waals surface area contributed by atoms with Crippen LogP contribution >= 0.6 is 0 Å². The number of hydrogen-bond donors (Lipinski definition) is 1. The van der Waals surface area contributed by atoms with Crippen molar-refractivity contribution in [3.63, 3.8) is 0 Å². The topological polar surface area (TPSA) is 76.1 Å². The number of methoxy groups -OCH3 is 1. The molecule has 0 aromatic heterocycles. The van der Waals surface area contributed by atoms with Crippen LogP contribution in [-0.2, 0) is 16.0 Å². The molecule has 2 aromatic carbocycles. The van der Waals surface area contributed by atoms with E-state index in [0.29, 0.717) is 11.3 Å². The number of rotatable bonds is 4. The predicted octanol–water partition coefficient (Wildman–Crippen LogP) is 4.38. The average Bonchev–Trinajstić information content (AvgIpc) is 3.51. The molecule has 2 fully saturated rings. The Morgan fingerprint density at radius 2 is 1.91 bits per heavy atom. The fraction of sp³-hybridized carbons (Fsp3) is 0.385. The van der Waals surface area contributed by atoms with Gasteiger partial charge in [0.15, 0.2) is 0 Å². The van der Waals surface area contributed by atoms with Gasteiger partial charge in [0.05, 0.1) is 18.7 Å². The number of carbonyl (C=O) groups is 2. The summed E-state index contributed by atoms with van der Waals surface area (Å²) in [7, 11) is 1.58. The number of ketones is 1. The third-order valence-corrected chi connectivity index (χ3v) is 6.78. The lowest BCUT2D eigenvalue weighted by molar-refractivity contribution is -0.141. The first-order valence-electron chi connectivity index (χ1n) is 11.2. The number of hydrogen-bond acceptors (Lipinski definition) is 5. The van der Waals surface area contributed by atoms with Crippen molar-refractivity contribution in [3.8, 4) is 11.5 Å². The van der Waals surface area contributed by atoms with Gasteiger partial charge in [0, 0.05) is 18.0 Å². The van der Waals surface area contributed by atoms with Crippen molar-refractivity contribution >= 4 is 17.4 Å². The van der Waals surface area contributed by atoms with E-state index in [0.717, 1.165) is 49.0 Å². The van der Waals surface area contributed by atoms with E-state index in [4.69, 9.17) is 9.47 Å². The summed E-state index contributed by atoms with van der Waals surface area (Å²) in [6.45, 7) is 2.00. The Hall–Kier alpha value is -3.28. The van der Waals surface area contributed by atoms with Gasteiger partial charge in [-0.25, -0.2) is 0 Å². The first-order valence-corrected chi connectivity index (χ1v) is 11.2. The number of ether oxygens (including phenoxy) is 2. The first-order chi connectivity index (χ1) is 15.5. The molecule has 32 heavy (non-hydrogen) atoms. The van der Waals surface area contributed by atoms with Crippen LogP contribution in [0.5, 0.6) is 11.5 Å². The molecule has 6 nitrogen and oxygen atoms in total. The number of likely N-dealkylation sites (tertiary alicyclic amines) is 1. The van der Waals surface area contributed by atoms with E-state index >= 15 is 0 Å². The molecular formula is C26H27NO5. The summed E-state index contributed by atoms with van der Waals surface area (Å²) in [5.74, 6) is 0.128. The molecule has 2 aliphatic heterocycles. The Kier molecular flexibility index (Phi) is 5.16.